The second-order valence-electron chi connectivity index (χ2n) is 7.08. The molecule has 1 aromatic carbocycles. The van der Waals surface area contributed by atoms with Crippen molar-refractivity contribution in [3.8, 4) is 5.75 Å². The Hall–Kier alpha value is -2.55. The maximum Gasteiger partial charge on any atom is 0.282 e. The zero-order valence-corrected chi connectivity index (χ0v) is 16.5. The van der Waals surface area contributed by atoms with E-state index >= 15 is 0 Å². The highest BCUT2D eigenvalue weighted by Crippen LogP contribution is 2.21. The third kappa shape index (κ3) is 5.09. The first kappa shape index (κ1) is 21.2. The standard InChI is InChI=1S/C20H25F3N4O2/c1-14-13-17(19(22)23)24-27(14)15(2)20(28)26-9-7-25(8-10-26)11-12-29-18-6-4-3-5-16(18)21/h3-6,13,15,19H,7-12H2,1-2H3. The highest BCUT2D eigenvalue weighted by atomic mass is 19.3. The zero-order valence-electron chi connectivity index (χ0n) is 16.5. The molecule has 6 nitrogen and oxygen atoms in total. The Balaban J connectivity index is 1.47. The molecular weight excluding hydrogens is 385 g/mol. The average Bonchev–Trinajstić information content (AvgIpc) is 3.11. The van der Waals surface area contributed by atoms with Crippen LogP contribution in [0.5, 0.6) is 5.75 Å². The molecule has 1 fully saturated rings. The number of hydrogen-bond donors (Lipinski definition) is 0. The van der Waals surface area contributed by atoms with E-state index in [4.69, 9.17) is 4.74 Å². The van der Waals surface area contributed by atoms with Crippen molar-refractivity contribution in [2.75, 3.05) is 39.3 Å². The van der Waals surface area contributed by atoms with E-state index in [0.29, 0.717) is 45.0 Å². The molecule has 1 amide bonds. The van der Waals surface area contributed by atoms with Gasteiger partial charge >= 0.3 is 0 Å². The lowest BCUT2D eigenvalue weighted by atomic mass is 10.2. The first-order valence-corrected chi connectivity index (χ1v) is 9.59. The van der Waals surface area contributed by atoms with Crippen molar-refractivity contribution < 1.29 is 22.7 Å². The number of amides is 1. The number of carbonyl (C=O) groups excluding carboxylic acids is 1. The number of alkyl halides is 2. The van der Waals surface area contributed by atoms with Gasteiger partial charge in [0.2, 0.25) is 5.91 Å². The van der Waals surface area contributed by atoms with Crippen molar-refractivity contribution in [1.82, 2.24) is 19.6 Å². The fourth-order valence-corrected chi connectivity index (χ4v) is 3.42. The second kappa shape index (κ2) is 9.30. The lowest BCUT2D eigenvalue weighted by Crippen LogP contribution is -2.51. The van der Waals surface area contributed by atoms with Crippen molar-refractivity contribution in [2.24, 2.45) is 0 Å². The summed E-state index contributed by atoms with van der Waals surface area (Å²) in [5.74, 6) is -0.298. The SMILES string of the molecule is Cc1cc(C(F)F)nn1C(C)C(=O)N1CCN(CCOc2ccccc2F)CC1. The molecule has 158 valence electrons. The minimum absolute atomic E-state index is 0.140. The highest BCUT2D eigenvalue weighted by Gasteiger charge is 2.28. The zero-order chi connectivity index (χ0) is 21.0. The molecule has 1 saturated heterocycles. The van der Waals surface area contributed by atoms with Gasteiger partial charge in [-0.3, -0.25) is 14.4 Å². The van der Waals surface area contributed by atoms with Crippen molar-refractivity contribution in [1.29, 1.82) is 0 Å². The summed E-state index contributed by atoms with van der Waals surface area (Å²) in [7, 11) is 0. The number of ether oxygens (including phenoxy) is 1. The van der Waals surface area contributed by atoms with Crippen molar-refractivity contribution in [2.45, 2.75) is 26.3 Å². The molecule has 0 saturated carbocycles. The van der Waals surface area contributed by atoms with E-state index in [2.05, 4.69) is 10.00 Å². The quantitative estimate of drug-likeness (QED) is 0.704. The topological polar surface area (TPSA) is 50.6 Å². The Morgan fingerprint density at radius 1 is 1.21 bits per heavy atom. The monoisotopic (exact) mass is 410 g/mol. The van der Waals surface area contributed by atoms with Crippen LogP contribution in [-0.2, 0) is 4.79 Å². The van der Waals surface area contributed by atoms with Gasteiger partial charge in [-0.15, -0.1) is 0 Å². The molecule has 0 spiro atoms. The van der Waals surface area contributed by atoms with Gasteiger partial charge in [0.05, 0.1) is 0 Å². The number of rotatable bonds is 7. The molecule has 0 bridgehead atoms. The van der Waals surface area contributed by atoms with Gasteiger partial charge in [-0.2, -0.15) is 5.10 Å². The van der Waals surface area contributed by atoms with E-state index in [1.807, 2.05) is 0 Å². The summed E-state index contributed by atoms with van der Waals surface area (Å²) in [6.07, 6.45) is -2.66. The molecule has 2 aromatic rings. The number of carbonyl (C=O) groups is 1. The number of benzene rings is 1. The highest BCUT2D eigenvalue weighted by molar-refractivity contribution is 5.80. The van der Waals surface area contributed by atoms with Crippen LogP contribution < -0.4 is 4.74 Å². The predicted octanol–water partition coefficient (Wildman–Crippen LogP) is 3.05. The molecule has 29 heavy (non-hydrogen) atoms. The smallest absolute Gasteiger partial charge is 0.282 e. The minimum Gasteiger partial charge on any atom is -0.489 e. The summed E-state index contributed by atoms with van der Waals surface area (Å²) in [6.45, 7) is 6.72. The Kier molecular flexibility index (Phi) is 6.79. The predicted molar refractivity (Wildman–Crippen MR) is 102 cm³/mol. The van der Waals surface area contributed by atoms with Gasteiger partial charge in [0.25, 0.3) is 6.43 Å². The van der Waals surface area contributed by atoms with Gasteiger partial charge in [0.15, 0.2) is 11.6 Å². The number of halogens is 3. The van der Waals surface area contributed by atoms with E-state index in [0.717, 1.165) is 0 Å². The van der Waals surface area contributed by atoms with Crippen LogP contribution in [0.1, 0.15) is 30.8 Å². The van der Waals surface area contributed by atoms with Gasteiger partial charge in [0, 0.05) is 38.4 Å². The Bertz CT molecular complexity index is 835. The van der Waals surface area contributed by atoms with Crippen LogP contribution in [-0.4, -0.2) is 64.8 Å². The average molecular weight is 410 g/mol. The summed E-state index contributed by atoms with van der Waals surface area (Å²) in [6, 6.07) is 6.94. The molecule has 0 N–H and O–H groups in total. The lowest BCUT2D eigenvalue weighted by Gasteiger charge is -2.36. The number of aryl methyl sites for hydroxylation is 1. The van der Waals surface area contributed by atoms with E-state index in [9.17, 15) is 18.0 Å². The molecule has 3 rings (SSSR count). The first-order chi connectivity index (χ1) is 13.9. The molecule has 1 aliphatic rings. The van der Waals surface area contributed by atoms with Crippen LogP contribution in [0.15, 0.2) is 30.3 Å². The number of aromatic nitrogens is 2. The summed E-state index contributed by atoms with van der Waals surface area (Å²) >= 11 is 0. The van der Waals surface area contributed by atoms with E-state index in [-0.39, 0.29) is 23.2 Å². The second-order valence-corrected chi connectivity index (χ2v) is 7.08. The molecule has 0 aliphatic carbocycles. The molecule has 1 aliphatic heterocycles. The van der Waals surface area contributed by atoms with E-state index in [1.54, 1.807) is 36.9 Å². The van der Waals surface area contributed by atoms with Gasteiger partial charge < -0.3 is 9.64 Å². The molecule has 1 atom stereocenters. The summed E-state index contributed by atoms with van der Waals surface area (Å²) < 4.78 is 46.1. The Labute approximate surface area is 167 Å². The largest absolute Gasteiger partial charge is 0.489 e. The van der Waals surface area contributed by atoms with Gasteiger partial charge in [0.1, 0.15) is 18.3 Å². The van der Waals surface area contributed by atoms with Crippen LogP contribution in [0.25, 0.3) is 0 Å². The molecule has 9 heteroatoms. The lowest BCUT2D eigenvalue weighted by molar-refractivity contribution is -0.136. The summed E-state index contributed by atoms with van der Waals surface area (Å²) in [4.78, 5) is 16.6. The van der Waals surface area contributed by atoms with Crippen LogP contribution in [0.2, 0.25) is 0 Å². The maximum atomic E-state index is 13.6. The first-order valence-electron chi connectivity index (χ1n) is 9.59. The van der Waals surface area contributed by atoms with Crippen molar-refractivity contribution in [3.05, 3.63) is 47.5 Å². The Morgan fingerprint density at radius 2 is 1.90 bits per heavy atom. The number of hydrogen-bond acceptors (Lipinski definition) is 4. The normalized spacial score (nSPS) is 16.3. The number of nitrogens with zero attached hydrogens (tertiary/aromatic N) is 4. The van der Waals surface area contributed by atoms with Crippen LogP contribution >= 0.6 is 0 Å². The maximum absolute atomic E-state index is 13.6. The molecular formula is C20H25F3N4O2. The van der Waals surface area contributed by atoms with Gasteiger partial charge in [-0.25, -0.2) is 13.2 Å². The third-order valence-corrected chi connectivity index (χ3v) is 5.07. The number of piperazine rings is 1. The van der Waals surface area contributed by atoms with Gasteiger partial charge in [-0.05, 0) is 32.0 Å². The third-order valence-electron chi connectivity index (χ3n) is 5.07. The molecule has 1 unspecified atom stereocenters. The molecule has 0 radical (unpaired) electrons. The van der Waals surface area contributed by atoms with E-state index in [1.165, 1.54) is 16.8 Å². The minimum atomic E-state index is -2.66. The Morgan fingerprint density at radius 3 is 2.52 bits per heavy atom. The van der Waals surface area contributed by atoms with Crippen molar-refractivity contribution >= 4 is 5.91 Å². The van der Waals surface area contributed by atoms with Crippen molar-refractivity contribution in [3.63, 3.8) is 0 Å². The number of para-hydroxylation sites is 1. The summed E-state index contributed by atoms with van der Waals surface area (Å²) in [5, 5.41) is 3.88. The fourth-order valence-electron chi connectivity index (χ4n) is 3.42. The molecule has 1 aromatic heterocycles. The molecule has 2 heterocycles. The van der Waals surface area contributed by atoms with Crippen LogP contribution in [0.4, 0.5) is 13.2 Å². The fraction of sp³-hybridized carbons (Fsp3) is 0.500. The van der Waals surface area contributed by atoms with Crippen LogP contribution in [0.3, 0.4) is 0 Å². The van der Waals surface area contributed by atoms with Crippen LogP contribution in [0, 0.1) is 12.7 Å². The van der Waals surface area contributed by atoms with E-state index < -0.39 is 12.5 Å². The van der Waals surface area contributed by atoms with Gasteiger partial charge in [-0.1, -0.05) is 12.1 Å². The summed E-state index contributed by atoms with van der Waals surface area (Å²) in [5.41, 5.74) is 0.215.